The average molecular weight is 552 g/mol. The maximum Gasteiger partial charge on any atom is 0.341 e. The van der Waals surface area contributed by atoms with E-state index in [9.17, 15) is 14.4 Å². The molecule has 36 heavy (non-hydrogen) atoms. The minimum absolute atomic E-state index is 0.00613. The fraction of sp³-hybridized carbons (Fsp3) is 0.348. The van der Waals surface area contributed by atoms with Crippen LogP contribution in [0.5, 0.6) is 5.75 Å². The number of halogens is 1. The van der Waals surface area contributed by atoms with E-state index < -0.39 is 17.8 Å². The molecule has 0 unspecified atom stereocenters. The van der Waals surface area contributed by atoms with Gasteiger partial charge in [-0.1, -0.05) is 29.4 Å². The first-order chi connectivity index (χ1) is 17.2. The van der Waals surface area contributed by atoms with Crippen molar-refractivity contribution in [1.29, 1.82) is 0 Å². The zero-order valence-electron chi connectivity index (χ0n) is 20.2. The number of primary amides is 1. The molecule has 1 aromatic carbocycles. The minimum Gasteiger partial charge on any atom is -0.484 e. The highest BCUT2D eigenvalue weighted by molar-refractivity contribution is 7.99. The van der Waals surface area contributed by atoms with Gasteiger partial charge in [0.05, 0.1) is 27.8 Å². The molecule has 2 heterocycles. The van der Waals surface area contributed by atoms with Gasteiger partial charge < -0.3 is 25.1 Å². The SMILES string of the molecule is CCOC(=O)c1c(NC(=O)CSc2nnc(COc3cc(C)ccc3Cl)n2CC)sc(C(N)=O)c1C. The van der Waals surface area contributed by atoms with Crippen LogP contribution < -0.4 is 15.8 Å². The van der Waals surface area contributed by atoms with Gasteiger partial charge in [0.1, 0.15) is 17.4 Å². The van der Waals surface area contributed by atoms with Crippen LogP contribution in [0.3, 0.4) is 0 Å². The molecular weight excluding hydrogens is 526 g/mol. The number of thioether (sulfide) groups is 1. The predicted molar refractivity (Wildman–Crippen MR) is 139 cm³/mol. The topological polar surface area (TPSA) is 138 Å². The second kappa shape index (κ2) is 12.2. The number of hydrogen-bond acceptors (Lipinski definition) is 9. The number of nitrogens with two attached hydrogens (primary N) is 1. The lowest BCUT2D eigenvalue weighted by atomic mass is 10.1. The van der Waals surface area contributed by atoms with Crippen LogP contribution in [0.2, 0.25) is 5.02 Å². The van der Waals surface area contributed by atoms with Crippen molar-refractivity contribution in [2.75, 3.05) is 17.7 Å². The molecule has 3 aromatic rings. The van der Waals surface area contributed by atoms with E-state index >= 15 is 0 Å². The number of nitrogens with zero attached hydrogens (tertiary/aromatic N) is 3. The number of rotatable bonds is 11. The Kier molecular flexibility index (Phi) is 9.35. The van der Waals surface area contributed by atoms with E-state index in [4.69, 9.17) is 26.8 Å². The Bertz CT molecular complexity index is 1290. The molecule has 0 aliphatic heterocycles. The van der Waals surface area contributed by atoms with Gasteiger partial charge in [-0.3, -0.25) is 9.59 Å². The Morgan fingerprint density at radius 1 is 1.22 bits per heavy atom. The standard InChI is InChI=1S/C23H26ClN5O5S2/c1-5-29-16(10-34-15-9-12(3)7-8-14(15)24)27-28-23(29)35-11-17(30)26-21-18(22(32)33-6-2)13(4)19(36-21)20(25)31/h7-9H,5-6,10-11H2,1-4H3,(H2,25,31)(H,26,30). The predicted octanol–water partition coefficient (Wildman–Crippen LogP) is 4.22. The number of benzene rings is 1. The molecule has 0 aliphatic carbocycles. The number of hydrogen-bond donors (Lipinski definition) is 2. The van der Waals surface area contributed by atoms with Crippen LogP contribution in [0.1, 0.15) is 50.8 Å². The molecule has 10 nitrogen and oxygen atoms in total. The second-order valence-electron chi connectivity index (χ2n) is 7.55. The molecule has 3 N–H and O–H groups in total. The summed E-state index contributed by atoms with van der Waals surface area (Å²) >= 11 is 8.32. The highest BCUT2D eigenvalue weighted by Gasteiger charge is 2.26. The largest absolute Gasteiger partial charge is 0.484 e. The maximum absolute atomic E-state index is 12.7. The van der Waals surface area contributed by atoms with Gasteiger partial charge in [0.15, 0.2) is 11.0 Å². The zero-order chi connectivity index (χ0) is 26.4. The Morgan fingerprint density at radius 3 is 2.64 bits per heavy atom. The number of anilines is 1. The highest BCUT2D eigenvalue weighted by atomic mass is 35.5. The van der Waals surface area contributed by atoms with Crippen LogP contribution in [0.15, 0.2) is 23.4 Å². The molecule has 0 aliphatic rings. The smallest absolute Gasteiger partial charge is 0.341 e. The lowest BCUT2D eigenvalue weighted by molar-refractivity contribution is -0.113. The van der Waals surface area contributed by atoms with E-state index in [0.717, 1.165) is 16.9 Å². The monoisotopic (exact) mass is 551 g/mol. The first-order valence-corrected chi connectivity index (χ1v) is 13.2. The van der Waals surface area contributed by atoms with Crippen LogP contribution in [-0.4, -0.2) is 44.9 Å². The molecule has 0 fully saturated rings. The van der Waals surface area contributed by atoms with E-state index in [0.29, 0.717) is 33.9 Å². The Labute approximate surface area is 221 Å². The third kappa shape index (κ3) is 6.37. The molecule has 13 heteroatoms. The van der Waals surface area contributed by atoms with Crippen molar-refractivity contribution >= 4 is 57.5 Å². The summed E-state index contributed by atoms with van der Waals surface area (Å²) < 4.78 is 12.7. The van der Waals surface area contributed by atoms with Gasteiger partial charge >= 0.3 is 5.97 Å². The van der Waals surface area contributed by atoms with Gasteiger partial charge in [0.25, 0.3) is 5.91 Å². The number of thiophene rings is 1. The minimum atomic E-state index is -0.685. The number of aromatic nitrogens is 3. The number of carbonyl (C=O) groups excluding carboxylic acids is 3. The van der Waals surface area contributed by atoms with Crippen molar-refractivity contribution < 1.29 is 23.9 Å². The van der Waals surface area contributed by atoms with Crippen molar-refractivity contribution in [3.8, 4) is 5.75 Å². The Balaban J connectivity index is 1.69. The van der Waals surface area contributed by atoms with Crippen LogP contribution in [0.4, 0.5) is 5.00 Å². The zero-order valence-corrected chi connectivity index (χ0v) is 22.6. The molecule has 0 saturated heterocycles. The van der Waals surface area contributed by atoms with Crippen LogP contribution >= 0.6 is 34.7 Å². The van der Waals surface area contributed by atoms with Crippen LogP contribution in [0, 0.1) is 13.8 Å². The summed E-state index contributed by atoms with van der Waals surface area (Å²) in [5.74, 6) is -0.579. The number of nitrogens with one attached hydrogen (secondary N) is 1. The van der Waals surface area contributed by atoms with E-state index in [1.807, 2.05) is 30.5 Å². The van der Waals surface area contributed by atoms with Gasteiger partial charge in [0.2, 0.25) is 5.91 Å². The summed E-state index contributed by atoms with van der Waals surface area (Å²) in [5.41, 5.74) is 6.93. The van der Waals surface area contributed by atoms with Crippen LogP contribution in [0.25, 0.3) is 0 Å². The Morgan fingerprint density at radius 2 is 1.97 bits per heavy atom. The fourth-order valence-corrected chi connectivity index (χ4v) is 5.35. The molecule has 0 radical (unpaired) electrons. The summed E-state index contributed by atoms with van der Waals surface area (Å²) in [6.45, 7) is 8.01. The van der Waals surface area contributed by atoms with Crippen molar-refractivity contribution in [2.24, 2.45) is 5.73 Å². The molecule has 192 valence electrons. The third-order valence-corrected chi connectivity index (χ3v) is 7.49. The quantitative estimate of drug-likeness (QED) is 0.267. The summed E-state index contributed by atoms with van der Waals surface area (Å²) in [7, 11) is 0. The van der Waals surface area contributed by atoms with Gasteiger partial charge in [-0.05, 0) is 51.0 Å². The maximum atomic E-state index is 12.7. The number of aryl methyl sites for hydroxylation is 1. The van der Waals surface area contributed by atoms with Gasteiger partial charge in [-0.25, -0.2) is 4.79 Å². The first kappa shape index (κ1) is 27.5. The molecule has 0 saturated carbocycles. The van der Waals surface area contributed by atoms with Crippen molar-refractivity contribution in [2.45, 2.75) is 46.0 Å². The number of ether oxygens (including phenoxy) is 2. The molecule has 0 spiro atoms. The van der Waals surface area contributed by atoms with E-state index in [-0.39, 0.29) is 34.4 Å². The summed E-state index contributed by atoms with van der Waals surface area (Å²) in [6, 6.07) is 5.51. The first-order valence-electron chi connectivity index (χ1n) is 11.0. The molecule has 2 amide bonds. The normalized spacial score (nSPS) is 10.8. The van der Waals surface area contributed by atoms with Crippen LogP contribution in [-0.2, 0) is 22.7 Å². The molecule has 0 atom stereocenters. The van der Waals surface area contributed by atoms with Gasteiger partial charge in [0, 0.05) is 6.54 Å². The lowest BCUT2D eigenvalue weighted by Crippen LogP contribution is -2.17. The molecule has 0 bridgehead atoms. The Hall–Kier alpha value is -3.09. The van der Waals surface area contributed by atoms with Gasteiger partial charge in [-0.15, -0.1) is 21.5 Å². The molecule has 2 aromatic heterocycles. The number of carbonyl (C=O) groups is 3. The second-order valence-corrected chi connectivity index (χ2v) is 9.92. The van der Waals surface area contributed by atoms with Crippen molar-refractivity contribution in [3.05, 3.63) is 50.6 Å². The fourth-order valence-electron chi connectivity index (χ4n) is 3.29. The van der Waals surface area contributed by atoms with Gasteiger partial charge in [-0.2, -0.15) is 0 Å². The van der Waals surface area contributed by atoms with E-state index in [2.05, 4.69) is 15.5 Å². The van der Waals surface area contributed by atoms with Crippen molar-refractivity contribution in [1.82, 2.24) is 14.8 Å². The molecular formula is C23H26ClN5O5S2. The lowest BCUT2D eigenvalue weighted by Gasteiger charge is -2.10. The summed E-state index contributed by atoms with van der Waals surface area (Å²) in [4.78, 5) is 37.0. The molecule has 3 rings (SSSR count). The average Bonchev–Trinajstić information content (AvgIpc) is 3.38. The summed E-state index contributed by atoms with van der Waals surface area (Å²) in [5, 5.41) is 12.3. The summed E-state index contributed by atoms with van der Waals surface area (Å²) in [6.07, 6.45) is 0. The van der Waals surface area contributed by atoms with Crippen molar-refractivity contribution in [3.63, 3.8) is 0 Å². The third-order valence-electron chi connectivity index (χ3n) is 4.99. The number of esters is 1. The van der Waals surface area contributed by atoms with E-state index in [1.54, 1.807) is 19.9 Å². The highest BCUT2D eigenvalue weighted by Crippen LogP contribution is 2.34. The number of amides is 2. The van der Waals surface area contributed by atoms with E-state index in [1.165, 1.54) is 11.8 Å².